The van der Waals surface area contributed by atoms with E-state index in [9.17, 15) is 4.39 Å². The Morgan fingerprint density at radius 2 is 1.57 bits per heavy atom. The van der Waals surface area contributed by atoms with Crippen LogP contribution in [0.4, 0.5) is 4.39 Å². The van der Waals surface area contributed by atoms with Gasteiger partial charge in [0.15, 0.2) is 0 Å². The maximum atomic E-state index is 13.3. The van der Waals surface area contributed by atoms with Crippen molar-refractivity contribution in [3.63, 3.8) is 0 Å². The molecular weight excluding hydrogens is 820 g/mol. The first-order valence-corrected chi connectivity index (χ1v) is 23.2. The van der Waals surface area contributed by atoms with Crippen LogP contribution in [-0.2, 0) is 32.9 Å². The molecule has 7 aromatic rings. The van der Waals surface area contributed by atoms with Crippen LogP contribution in [0.3, 0.4) is 0 Å². The molecule has 0 saturated carbocycles. The van der Waals surface area contributed by atoms with E-state index in [0.717, 1.165) is 68.4 Å². The van der Waals surface area contributed by atoms with Gasteiger partial charge in [-0.25, -0.2) is 4.39 Å². The Balaban J connectivity index is 0.000000194. The third kappa shape index (κ3) is 7.04. The van der Waals surface area contributed by atoms with Crippen LogP contribution >= 0.6 is 0 Å². The minimum Gasteiger partial charge on any atom is 0 e. The number of rotatable bonds is 4. The predicted molar refractivity (Wildman–Crippen MR) is 189 cm³/mol. The molecular formula is C41H35FGeIrN2O-2. The number of halogens is 1. The van der Waals surface area contributed by atoms with E-state index in [1.165, 1.54) is 40.5 Å². The third-order valence-electron chi connectivity index (χ3n) is 8.74. The molecule has 0 unspecified atom stereocenters. The summed E-state index contributed by atoms with van der Waals surface area (Å²) in [6.45, 7) is 0. The van der Waals surface area contributed by atoms with Gasteiger partial charge in [-0.15, -0.1) is 18.2 Å². The number of benzene rings is 4. The standard InChI is InChI=1S/C27H19FNO.C14H16GeN.Ir/c28-20-11-8-17(9-12-20)19-10-13-22-23-6-3-7-24(27(23)30-25(22)16-19)26-21-5-2-1-4-18(21)14-15-29-26;1-15(2,3)13-9-10-14(16-11-13)12-7-5-4-6-8-12;/h3,6,8-16H,1-2,4-5H2;4-7,9-11H,1-3H3;/q2*-1;. The summed E-state index contributed by atoms with van der Waals surface area (Å²) in [5, 5.41) is 2.13. The Morgan fingerprint density at radius 1 is 0.766 bits per heavy atom. The van der Waals surface area contributed by atoms with Crippen molar-refractivity contribution >= 4 is 39.6 Å². The number of hydrogen-bond acceptors (Lipinski definition) is 3. The maximum absolute atomic E-state index is 13.3. The van der Waals surface area contributed by atoms with Crippen molar-refractivity contribution in [2.24, 2.45) is 0 Å². The van der Waals surface area contributed by atoms with Crippen molar-refractivity contribution in [1.82, 2.24) is 9.97 Å². The summed E-state index contributed by atoms with van der Waals surface area (Å²) in [6, 6.07) is 37.8. The number of furan rings is 1. The fourth-order valence-corrected chi connectivity index (χ4v) is 8.34. The molecule has 1 aliphatic carbocycles. The van der Waals surface area contributed by atoms with Gasteiger partial charge in [0, 0.05) is 31.7 Å². The molecule has 0 saturated heterocycles. The Hall–Kier alpha value is -3.90. The SMILES string of the molecule is Fc1ccc(-c2ccc3c(c2)oc2c(-c4nccc5c4CCCC5)[c-]ccc23)cc1.[CH3][Ge]([CH3])([CH3])[c]1ccc(-c2[c-]cccc2)nc1.[Ir]. The van der Waals surface area contributed by atoms with Gasteiger partial charge in [0.25, 0.3) is 0 Å². The van der Waals surface area contributed by atoms with Crippen LogP contribution in [0.15, 0.2) is 114 Å². The van der Waals surface area contributed by atoms with Gasteiger partial charge in [0.1, 0.15) is 11.4 Å². The summed E-state index contributed by atoms with van der Waals surface area (Å²) in [7, 11) is 0. The molecule has 0 spiro atoms. The molecule has 0 amide bonds. The Morgan fingerprint density at radius 3 is 2.32 bits per heavy atom. The number of fused-ring (bicyclic) bond motifs is 4. The van der Waals surface area contributed by atoms with Crippen LogP contribution in [0.25, 0.3) is 55.6 Å². The fourth-order valence-electron chi connectivity index (χ4n) is 6.17. The van der Waals surface area contributed by atoms with Crippen LogP contribution in [0.5, 0.6) is 0 Å². The zero-order chi connectivity index (χ0) is 31.7. The van der Waals surface area contributed by atoms with Crippen LogP contribution in [0.2, 0.25) is 17.3 Å². The van der Waals surface area contributed by atoms with Gasteiger partial charge >= 0.3 is 99.8 Å². The van der Waals surface area contributed by atoms with Crippen molar-refractivity contribution in [2.45, 2.75) is 43.0 Å². The molecule has 1 aliphatic rings. The van der Waals surface area contributed by atoms with E-state index in [1.54, 1.807) is 12.1 Å². The second-order valence-corrected chi connectivity index (χ2v) is 23.5. The van der Waals surface area contributed by atoms with Crippen molar-refractivity contribution in [3.8, 4) is 33.6 Å². The second-order valence-electron chi connectivity index (χ2n) is 12.9. The maximum Gasteiger partial charge on any atom is 0 e. The van der Waals surface area contributed by atoms with Gasteiger partial charge in [-0.05, 0) is 66.8 Å². The van der Waals surface area contributed by atoms with Gasteiger partial charge < -0.3 is 9.40 Å². The molecule has 3 aromatic heterocycles. The predicted octanol–water partition coefficient (Wildman–Crippen LogP) is 10.2. The van der Waals surface area contributed by atoms with E-state index in [2.05, 4.69) is 70.8 Å². The van der Waals surface area contributed by atoms with Crippen LogP contribution in [0, 0.1) is 17.9 Å². The van der Waals surface area contributed by atoms with Gasteiger partial charge in [-0.1, -0.05) is 46.3 Å². The molecule has 3 heterocycles. The normalized spacial score (nSPS) is 12.6. The number of pyridine rings is 2. The van der Waals surface area contributed by atoms with Crippen LogP contribution < -0.4 is 4.40 Å². The first-order chi connectivity index (χ1) is 22.3. The molecule has 0 fully saturated rings. The van der Waals surface area contributed by atoms with Crippen molar-refractivity contribution in [2.75, 3.05) is 0 Å². The summed E-state index contributed by atoms with van der Waals surface area (Å²) < 4.78 is 21.1. The van der Waals surface area contributed by atoms with Gasteiger partial charge in [-0.2, -0.15) is 0 Å². The molecule has 0 atom stereocenters. The smallest absolute Gasteiger partial charge is 0 e. The molecule has 4 aromatic carbocycles. The van der Waals surface area contributed by atoms with Crippen molar-refractivity contribution < 1.29 is 28.9 Å². The van der Waals surface area contributed by atoms with Gasteiger partial charge in [-0.3, -0.25) is 0 Å². The zero-order valence-electron chi connectivity index (χ0n) is 26.7. The first-order valence-electron chi connectivity index (χ1n) is 15.9. The second kappa shape index (κ2) is 14.1. The van der Waals surface area contributed by atoms with E-state index in [0.29, 0.717) is 0 Å². The quantitative estimate of drug-likeness (QED) is 0.131. The summed E-state index contributed by atoms with van der Waals surface area (Å²) in [5.41, 5.74) is 10.3. The minimum atomic E-state index is -1.72. The summed E-state index contributed by atoms with van der Waals surface area (Å²) in [4.78, 5) is 9.26. The molecule has 0 N–H and O–H groups in total. The minimum absolute atomic E-state index is 0. The summed E-state index contributed by atoms with van der Waals surface area (Å²) in [5.74, 6) is 6.91. The van der Waals surface area contributed by atoms with E-state index >= 15 is 0 Å². The van der Waals surface area contributed by atoms with E-state index < -0.39 is 13.3 Å². The molecule has 6 heteroatoms. The van der Waals surface area contributed by atoms with Crippen molar-refractivity contribution in [1.29, 1.82) is 0 Å². The molecule has 0 aliphatic heterocycles. The summed E-state index contributed by atoms with van der Waals surface area (Å²) >= 11 is -1.72. The number of hydrogen-bond donors (Lipinski definition) is 0. The van der Waals surface area contributed by atoms with Crippen LogP contribution in [-0.4, -0.2) is 23.2 Å². The Kier molecular flexibility index (Phi) is 9.88. The largest absolute Gasteiger partial charge is 0 e. The van der Waals surface area contributed by atoms with E-state index in [1.807, 2.05) is 48.8 Å². The number of aryl methyl sites for hydroxylation is 1. The van der Waals surface area contributed by atoms with E-state index in [-0.39, 0.29) is 25.9 Å². The first kappa shape index (κ1) is 33.0. The third-order valence-corrected chi connectivity index (χ3v) is 13.0. The monoisotopic (exact) mass is 857 g/mol. The van der Waals surface area contributed by atoms with Crippen molar-refractivity contribution in [3.05, 3.63) is 139 Å². The number of aromatic nitrogens is 2. The van der Waals surface area contributed by atoms with Gasteiger partial charge in [0.2, 0.25) is 0 Å². The molecule has 47 heavy (non-hydrogen) atoms. The van der Waals surface area contributed by atoms with Gasteiger partial charge in [0.05, 0.1) is 5.58 Å². The Bertz CT molecular complexity index is 2140. The average molecular weight is 856 g/mol. The topological polar surface area (TPSA) is 38.9 Å². The molecule has 3 nitrogen and oxygen atoms in total. The molecule has 237 valence electrons. The Labute approximate surface area is 292 Å². The summed E-state index contributed by atoms with van der Waals surface area (Å²) in [6.07, 6.45) is 8.54. The van der Waals surface area contributed by atoms with Crippen LogP contribution in [0.1, 0.15) is 24.0 Å². The molecule has 0 bridgehead atoms. The fraction of sp³-hybridized carbons (Fsp3) is 0.171. The molecule has 8 rings (SSSR count). The van der Waals surface area contributed by atoms with E-state index in [4.69, 9.17) is 9.40 Å². The zero-order valence-corrected chi connectivity index (χ0v) is 31.2. The average Bonchev–Trinajstić information content (AvgIpc) is 3.47. The number of nitrogens with zero attached hydrogens (tertiary/aromatic N) is 2. The molecule has 1 radical (unpaired) electrons.